The van der Waals surface area contributed by atoms with E-state index < -0.39 is 0 Å². The van der Waals surface area contributed by atoms with Crippen LogP contribution in [0.3, 0.4) is 0 Å². The molecular formula is C18H14ClN3O2. The van der Waals surface area contributed by atoms with Crippen molar-refractivity contribution in [3.05, 3.63) is 64.2 Å². The van der Waals surface area contributed by atoms with E-state index in [9.17, 15) is 4.79 Å². The van der Waals surface area contributed by atoms with E-state index in [4.69, 9.17) is 16.1 Å². The van der Waals surface area contributed by atoms with Gasteiger partial charge in [-0.3, -0.25) is 0 Å². The molecule has 0 radical (unpaired) electrons. The number of rotatable bonds is 2. The lowest BCUT2D eigenvalue weighted by Crippen LogP contribution is -2.17. The molecule has 1 aromatic carbocycles. The molecule has 120 valence electrons. The van der Waals surface area contributed by atoms with Gasteiger partial charge in [0, 0.05) is 16.5 Å². The summed E-state index contributed by atoms with van der Waals surface area (Å²) in [6, 6.07) is 5.45. The minimum Gasteiger partial charge on any atom is -0.361 e. The van der Waals surface area contributed by atoms with Crippen LogP contribution in [0.1, 0.15) is 22.9 Å². The number of fused-ring (bicyclic) bond motifs is 1. The first kappa shape index (κ1) is 14.9. The Labute approximate surface area is 143 Å². The SMILES string of the molecule is Cc1noc(C)c1-c1cccc(Cl)c1C1C=CC2=NC(=O)NC2=C1. The van der Waals surface area contributed by atoms with E-state index >= 15 is 0 Å². The van der Waals surface area contributed by atoms with Gasteiger partial charge in [0.15, 0.2) is 0 Å². The second-order valence-electron chi connectivity index (χ2n) is 5.79. The molecule has 2 heterocycles. The van der Waals surface area contributed by atoms with Gasteiger partial charge in [-0.2, -0.15) is 4.99 Å². The zero-order valence-corrected chi connectivity index (χ0v) is 13.9. The molecule has 1 aliphatic carbocycles. The van der Waals surface area contributed by atoms with Gasteiger partial charge in [-0.05, 0) is 43.2 Å². The van der Waals surface area contributed by atoms with E-state index in [0.717, 1.165) is 33.8 Å². The van der Waals surface area contributed by atoms with Crippen molar-refractivity contribution in [2.75, 3.05) is 0 Å². The number of nitrogens with one attached hydrogen (secondary N) is 1. The highest BCUT2D eigenvalue weighted by Crippen LogP contribution is 2.40. The Hall–Kier alpha value is -2.66. The number of carbonyl (C=O) groups is 1. The molecule has 0 saturated carbocycles. The van der Waals surface area contributed by atoms with Gasteiger partial charge in [0.05, 0.1) is 17.1 Å². The van der Waals surface area contributed by atoms with Crippen LogP contribution in [0.15, 0.2) is 51.6 Å². The number of benzene rings is 1. The Morgan fingerprint density at radius 1 is 1.29 bits per heavy atom. The fourth-order valence-corrected chi connectivity index (χ4v) is 3.50. The van der Waals surface area contributed by atoms with Crippen molar-refractivity contribution in [1.82, 2.24) is 10.5 Å². The molecule has 2 amide bonds. The summed E-state index contributed by atoms with van der Waals surface area (Å²) in [5, 5.41) is 7.45. The third-order valence-electron chi connectivity index (χ3n) is 4.24. The number of nitrogens with zero attached hydrogens (tertiary/aromatic N) is 2. The fourth-order valence-electron chi connectivity index (χ4n) is 3.20. The number of aliphatic imine (C=N–C) groups is 1. The zero-order valence-electron chi connectivity index (χ0n) is 13.1. The third-order valence-corrected chi connectivity index (χ3v) is 4.57. The lowest BCUT2D eigenvalue weighted by molar-refractivity contribution is 0.253. The number of hydrogen-bond acceptors (Lipinski definition) is 3. The van der Waals surface area contributed by atoms with Gasteiger partial charge in [0.25, 0.3) is 0 Å². The third kappa shape index (κ3) is 2.29. The van der Waals surface area contributed by atoms with Crippen molar-refractivity contribution in [2.24, 2.45) is 4.99 Å². The van der Waals surface area contributed by atoms with Gasteiger partial charge in [0.1, 0.15) is 5.76 Å². The first-order chi connectivity index (χ1) is 11.5. The van der Waals surface area contributed by atoms with Gasteiger partial charge in [-0.1, -0.05) is 35.0 Å². The molecule has 1 N–H and O–H groups in total. The Balaban J connectivity index is 1.87. The van der Waals surface area contributed by atoms with E-state index in [1.165, 1.54) is 0 Å². The highest BCUT2D eigenvalue weighted by Gasteiger charge is 2.26. The van der Waals surface area contributed by atoms with Crippen molar-refractivity contribution in [3.63, 3.8) is 0 Å². The van der Waals surface area contributed by atoms with Gasteiger partial charge in [-0.15, -0.1) is 0 Å². The number of hydrogen-bond donors (Lipinski definition) is 1. The van der Waals surface area contributed by atoms with Crippen LogP contribution in [0.2, 0.25) is 5.02 Å². The molecule has 0 saturated heterocycles. The Bertz CT molecular complexity index is 934. The molecular weight excluding hydrogens is 326 g/mol. The van der Waals surface area contributed by atoms with Crippen LogP contribution < -0.4 is 5.32 Å². The first-order valence-corrected chi connectivity index (χ1v) is 7.94. The molecule has 1 atom stereocenters. The van der Waals surface area contributed by atoms with Crippen LogP contribution in [-0.2, 0) is 0 Å². The predicted octanol–water partition coefficient (Wildman–Crippen LogP) is 4.31. The summed E-state index contributed by atoms with van der Waals surface area (Å²) in [4.78, 5) is 15.4. The maximum Gasteiger partial charge on any atom is 0.346 e. The molecule has 5 nitrogen and oxygen atoms in total. The maximum absolute atomic E-state index is 11.4. The fraction of sp³-hybridized carbons (Fsp3) is 0.167. The van der Waals surface area contributed by atoms with Crippen molar-refractivity contribution < 1.29 is 9.32 Å². The van der Waals surface area contributed by atoms with Crippen molar-refractivity contribution in [2.45, 2.75) is 19.8 Å². The Morgan fingerprint density at radius 3 is 2.88 bits per heavy atom. The smallest absolute Gasteiger partial charge is 0.346 e. The summed E-state index contributed by atoms with van der Waals surface area (Å²) in [6.45, 7) is 3.80. The van der Waals surface area contributed by atoms with Crippen LogP contribution in [-0.4, -0.2) is 16.9 Å². The van der Waals surface area contributed by atoms with Crippen LogP contribution >= 0.6 is 11.6 Å². The molecule has 24 heavy (non-hydrogen) atoms. The molecule has 0 spiro atoms. The Morgan fingerprint density at radius 2 is 2.12 bits per heavy atom. The summed E-state index contributed by atoms with van der Waals surface area (Å²) >= 11 is 6.52. The summed E-state index contributed by atoms with van der Waals surface area (Å²) in [7, 11) is 0. The van der Waals surface area contributed by atoms with E-state index in [2.05, 4.69) is 15.5 Å². The molecule has 2 aromatic rings. The molecule has 0 bridgehead atoms. The predicted molar refractivity (Wildman–Crippen MR) is 92.4 cm³/mol. The summed E-state index contributed by atoms with van der Waals surface area (Å²) in [5.41, 5.74) is 5.08. The van der Waals surface area contributed by atoms with Gasteiger partial charge < -0.3 is 9.84 Å². The highest BCUT2D eigenvalue weighted by atomic mass is 35.5. The van der Waals surface area contributed by atoms with Crippen LogP contribution in [0.25, 0.3) is 11.1 Å². The van der Waals surface area contributed by atoms with Crippen molar-refractivity contribution >= 4 is 23.3 Å². The normalized spacial score (nSPS) is 19.0. The average molecular weight is 340 g/mol. The number of urea groups is 1. The maximum atomic E-state index is 11.4. The number of aromatic nitrogens is 1. The molecule has 6 heteroatoms. The molecule has 0 fully saturated rings. The summed E-state index contributed by atoms with van der Waals surface area (Å²) < 4.78 is 5.31. The zero-order chi connectivity index (χ0) is 16.8. The minimum absolute atomic E-state index is 0.0743. The van der Waals surface area contributed by atoms with E-state index in [-0.39, 0.29) is 11.9 Å². The van der Waals surface area contributed by atoms with Crippen LogP contribution in [0.5, 0.6) is 0 Å². The lowest BCUT2D eigenvalue weighted by Gasteiger charge is -2.19. The number of carbonyl (C=O) groups excluding carboxylic acids is 1. The largest absolute Gasteiger partial charge is 0.361 e. The number of amides is 2. The molecule has 1 aliphatic heterocycles. The van der Waals surface area contributed by atoms with Crippen molar-refractivity contribution in [3.8, 4) is 11.1 Å². The minimum atomic E-state index is -0.341. The van der Waals surface area contributed by atoms with Gasteiger partial charge >= 0.3 is 6.03 Å². The quantitative estimate of drug-likeness (QED) is 0.886. The molecule has 4 rings (SSSR count). The summed E-state index contributed by atoms with van der Waals surface area (Å²) in [5.74, 6) is 0.676. The number of allylic oxidation sites excluding steroid dienone is 3. The van der Waals surface area contributed by atoms with Crippen LogP contribution in [0, 0.1) is 13.8 Å². The standard InChI is InChI=1S/C18H14ClN3O2/c1-9-16(10(2)24-22-9)12-4-3-5-13(19)17(12)11-6-7-14-15(8-11)21-18(23)20-14/h3-8,11H,1-2H3,(H,21,23). The van der Waals surface area contributed by atoms with Crippen LogP contribution in [0.4, 0.5) is 4.79 Å². The second-order valence-corrected chi connectivity index (χ2v) is 6.20. The summed E-state index contributed by atoms with van der Waals surface area (Å²) in [6.07, 6.45) is 5.80. The molecule has 1 aromatic heterocycles. The van der Waals surface area contributed by atoms with Gasteiger partial charge in [-0.25, -0.2) is 4.79 Å². The van der Waals surface area contributed by atoms with E-state index in [1.54, 1.807) is 0 Å². The first-order valence-electron chi connectivity index (χ1n) is 7.56. The lowest BCUT2D eigenvalue weighted by atomic mass is 9.86. The average Bonchev–Trinajstić information content (AvgIpc) is 3.07. The second kappa shape index (κ2) is 5.46. The Kier molecular flexibility index (Phi) is 3.39. The van der Waals surface area contributed by atoms with E-state index in [1.807, 2.05) is 50.3 Å². The monoisotopic (exact) mass is 339 g/mol. The van der Waals surface area contributed by atoms with Gasteiger partial charge in [0.2, 0.25) is 0 Å². The number of aryl methyl sites for hydroxylation is 2. The van der Waals surface area contributed by atoms with E-state index in [0.29, 0.717) is 10.7 Å². The highest BCUT2D eigenvalue weighted by molar-refractivity contribution is 6.32. The molecule has 2 aliphatic rings. The molecule has 1 unspecified atom stereocenters. The van der Waals surface area contributed by atoms with Crippen molar-refractivity contribution in [1.29, 1.82) is 0 Å². The topological polar surface area (TPSA) is 67.5 Å². The number of halogens is 1.